The second-order valence-corrected chi connectivity index (χ2v) is 9.70. The van der Waals surface area contributed by atoms with Gasteiger partial charge in [0.1, 0.15) is 29.2 Å². The summed E-state index contributed by atoms with van der Waals surface area (Å²) in [7, 11) is 0. The third-order valence-corrected chi connectivity index (χ3v) is 5.03. The number of ether oxygens (including phenoxy) is 3. The fraction of sp³-hybridized carbons (Fsp3) is 0.385. The minimum atomic E-state index is -1.02. The molecule has 4 aromatic heterocycles. The summed E-state index contributed by atoms with van der Waals surface area (Å²) in [5.74, 6) is -0.806. The average Bonchev–Trinajstić information content (AvgIpc) is 3.22. The maximum atomic E-state index is 11.5. The Bertz CT molecular complexity index is 1410. The van der Waals surface area contributed by atoms with E-state index in [1.54, 1.807) is 45.2 Å². The van der Waals surface area contributed by atoms with E-state index in [2.05, 4.69) is 24.0 Å². The van der Waals surface area contributed by atoms with Gasteiger partial charge >= 0.3 is 11.9 Å². The Morgan fingerprint density at radius 3 is 2.16 bits per heavy atom. The van der Waals surface area contributed by atoms with Gasteiger partial charge in [-0.3, -0.25) is 0 Å². The lowest BCUT2D eigenvalue weighted by atomic mass is 10.2. The molecular weight excluding hydrogens is 496 g/mol. The Morgan fingerprint density at radius 1 is 1.05 bits per heavy atom. The number of aliphatic hydroxyl groups is 1. The van der Waals surface area contributed by atoms with Gasteiger partial charge in [-0.05, 0) is 58.9 Å². The average molecular weight is 529 g/mol. The topological polar surface area (TPSA) is 160 Å². The Labute approximate surface area is 219 Å². The zero-order valence-corrected chi connectivity index (χ0v) is 21.9. The summed E-state index contributed by atoms with van der Waals surface area (Å²) in [6.45, 7) is 10.6. The number of carboxylic acid groups (broad SMARTS) is 1. The van der Waals surface area contributed by atoms with Crippen molar-refractivity contribution in [1.82, 2.24) is 19.2 Å². The van der Waals surface area contributed by atoms with Gasteiger partial charge in [0, 0.05) is 0 Å². The normalized spacial score (nSPS) is 13.6. The van der Waals surface area contributed by atoms with Crippen molar-refractivity contribution in [3.63, 3.8) is 0 Å². The predicted octanol–water partition coefficient (Wildman–Crippen LogP) is 3.19. The van der Waals surface area contributed by atoms with Crippen LogP contribution < -0.4 is 4.74 Å². The molecule has 0 aliphatic carbocycles. The van der Waals surface area contributed by atoms with Gasteiger partial charge in [0.15, 0.2) is 0 Å². The van der Waals surface area contributed by atoms with Crippen LogP contribution in [0.4, 0.5) is 0 Å². The molecule has 0 amide bonds. The molecule has 38 heavy (non-hydrogen) atoms. The number of aromatic carboxylic acids is 1. The Morgan fingerprint density at radius 2 is 1.61 bits per heavy atom. The summed E-state index contributed by atoms with van der Waals surface area (Å²) in [4.78, 5) is 22.4. The third kappa shape index (κ3) is 7.92. The number of hydrogen-bond acceptors (Lipinski definition) is 9. The summed E-state index contributed by atoms with van der Waals surface area (Å²) >= 11 is 0. The molecule has 0 atom stereocenters. The van der Waals surface area contributed by atoms with E-state index < -0.39 is 17.5 Å². The molecule has 1 saturated heterocycles. The van der Waals surface area contributed by atoms with Crippen LogP contribution in [0.1, 0.15) is 55.3 Å². The Kier molecular flexibility index (Phi) is 8.59. The molecule has 3 N–H and O–H groups in total. The fourth-order valence-electron chi connectivity index (χ4n) is 2.96. The first kappa shape index (κ1) is 28.4. The number of carboxylic acids is 1. The van der Waals surface area contributed by atoms with Gasteiger partial charge in [0.05, 0.1) is 60.2 Å². The van der Waals surface area contributed by atoms with Crippen LogP contribution in [0.25, 0.3) is 11.0 Å². The van der Waals surface area contributed by atoms with E-state index in [-0.39, 0.29) is 23.5 Å². The number of epoxide rings is 1. The highest BCUT2D eigenvalue weighted by atomic mass is 16.6. The van der Waals surface area contributed by atoms with Gasteiger partial charge < -0.3 is 29.5 Å². The second-order valence-electron chi connectivity index (χ2n) is 9.70. The zero-order chi connectivity index (χ0) is 28.1. The molecule has 12 heteroatoms. The van der Waals surface area contributed by atoms with E-state index in [9.17, 15) is 19.8 Å². The maximum absolute atomic E-state index is 11.5. The largest absolute Gasteiger partial charge is 0.506 e. The molecule has 5 heterocycles. The zero-order valence-electron chi connectivity index (χ0n) is 21.9. The van der Waals surface area contributed by atoms with Gasteiger partial charge in [-0.25, -0.2) is 18.6 Å². The van der Waals surface area contributed by atoms with Crippen molar-refractivity contribution in [2.45, 2.75) is 45.8 Å². The van der Waals surface area contributed by atoms with Crippen molar-refractivity contribution >= 4 is 23.0 Å². The monoisotopic (exact) mass is 528 g/mol. The molecular formula is C26H32N4O8. The fourth-order valence-corrected chi connectivity index (χ4v) is 2.96. The molecule has 1 fully saturated rings. The van der Waals surface area contributed by atoms with Crippen LogP contribution in [0.15, 0.2) is 49.1 Å². The number of nitrogens with zero attached hydrogens (tertiary/aromatic N) is 4. The lowest BCUT2D eigenvalue weighted by molar-refractivity contribution is 0.0283. The molecule has 5 rings (SSSR count). The molecule has 0 spiro atoms. The van der Waals surface area contributed by atoms with Crippen LogP contribution in [0.2, 0.25) is 0 Å². The summed E-state index contributed by atoms with van der Waals surface area (Å²) in [6.07, 6.45) is 5.72. The molecule has 0 radical (unpaired) electrons. The molecule has 0 aromatic carbocycles. The summed E-state index contributed by atoms with van der Waals surface area (Å²) in [6, 6.07) is 6.39. The highest BCUT2D eigenvalue weighted by Gasteiger charge is 2.32. The number of aromatic nitrogens is 4. The maximum Gasteiger partial charge on any atom is 0.341 e. The molecule has 1 aliphatic rings. The van der Waals surface area contributed by atoms with Crippen molar-refractivity contribution in [1.29, 1.82) is 0 Å². The molecule has 12 nitrogen and oxygen atoms in total. The van der Waals surface area contributed by atoms with Gasteiger partial charge in [-0.2, -0.15) is 10.2 Å². The summed E-state index contributed by atoms with van der Waals surface area (Å²) < 4.78 is 18.0. The van der Waals surface area contributed by atoms with E-state index in [0.29, 0.717) is 29.0 Å². The predicted molar refractivity (Wildman–Crippen MR) is 137 cm³/mol. The molecule has 204 valence electrons. The van der Waals surface area contributed by atoms with Gasteiger partial charge in [-0.1, -0.05) is 0 Å². The van der Waals surface area contributed by atoms with Gasteiger partial charge in [0.25, 0.3) is 0 Å². The number of carbonyl (C=O) groups excluding carboxylic acids is 1. The highest BCUT2D eigenvalue weighted by Crippen LogP contribution is 2.23. The number of rotatable bonds is 6. The Balaban J connectivity index is 0.000000180. The van der Waals surface area contributed by atoms with Crippen molar-refractivity contribution < 1.29 is 39.1 Å². The first-order chi connectivity index (χ1) is 17.8. The second kappa shape index (κ2) is 11.5. The van der Waals surface area contributed by atoms with Gasteiger partial charge in [-0.15, -0.1) is 0 Å². The first-order valence-corrected chi connectivity index (χ1v) is 11.8. The molecule has 1 aliphatic heterocycles. The van der Waals surface area contributed by atoms with E-state index in [1.807, 2.05) is 0 Å². The number of pyridine rings is 2. The molecule has 0 saturated carbocycles. The standard InChI is InChI=1S/C12H14N2O4.C10H10N2O3.C4H8O/c1-12(2,17)7-18-8-3-4-10-9(11(15)16)5-13-14(10)6-8;1-2-15-10(14)8-5-11-12-6-7(13)3-4-9(8)12;1-4(2)3-5-4/h3-6,17H,7H2,1-2H3,(H,15,16);3-6,13H,2H2,1H3;3H2,1-2H3. The van der Waals surface area contributed by atoms with Crippen LogP contribution in [0.5, 0.6) is 11.5 Å². The van der Waals surface area contributed by atoms with Crippen LogP contribution in [0.3, 0.4) is 0 Å². The van der Waals surface area contributed by atoms with Crippen molar-refractivity contribution in [2.24, 2.45) is 0 Å². The molecule has 4 aromatic rings. The Hall–Kier alpha value is -4.16. The number of fused-ring (bicyclic) bond motifs is 2. The van der Waals surface area contributed by atoms with E-state index in [4.69, 9.17) is 19.3 Å². The van der Waals surface area contributed by atoms with Crippen LogP contribution >= 0.6 is 0 Å². The quantitative estimate of drug-likeness (QED) is 0.250. The lowest BCUT2D eigenvalue weighted by Crippen LogP contribution is -2.27. The summed E-state index contributed by atoms with van der Waals surface area (Å²) in [5.41, 5.74) is 0.982. The highest BCUT2D eigenvalue weighted by molar-refractivity contribution is 5.96. The first-order valence-electron chi connectivity index (χ1n) is 11.8. The SMILES string of the molecule is CC(C)(O)COc1ccc2c(C(=O)O)cnn2c1.CC1(C)CO1.CCOC(=O)c1cnn2cc(O)ccc12. The number of aromatic hydroxyl groups is 1. The summed E-state index contributed by atoms with van der Waals surface area (Å²) in [5, 5.41) is 35.6. The van der Waals surface area contributed by atoms with Crippen molar-refractivity contribution in [3.8, 4) is 11.5 Å². The van der Waals surface area contributed by atoms with E-state index >= 15 is 0 Å². The van der Waals surface area contributed by atoms with Gasteiger partial charge in [0.2, 0.25) is 0 Å². The van der Waals surface area contributed by atoms with E-state index in [1.165, 1.54) is 33.7 Å². The van der Waals surface area contributed by atoms with Crippen LogP contribution in [-0.4, -0.2) is 77.5 Å². The minimum Gasteiger partial charge on any atom is -0.506 e. The number of carbonyl (C=O) groups is 2. The van der Waals surface area contributed by atoms with Crippen LogP contribution in [0, 0.1) is 0 Å². The third-order valence-electron chi connectivity index (χ3n) is 5.03. The van der Waals surface area contributed by atoms with Crippen LogP contribution in [-0.2, 0) is 9.47 Å². The number of hydrogen-bond donors (Lipinski definition) is 3. The number of esters is 1. The minimum absolute atomic E-state index is 0.0982. The van der Waals surface area contributed by atoms with Crippen molar-refractivity contribution in [3.05, 3.63) is 60.2 Å². The van der Waals surface area contributed by atoms with Crippen molar-refractivity contribution in [2.75, 3.05) is 19.8 Å². The lowest BCUT2D eigenvalue weighted by Gasteiger charge is -2.17. The molecule has 0 bridgehead atoms. The smallest absolute Gasteiger partial charge is 0.341 e. The van der Waals surface area contributed by atoms with E-state index in [0.717, 1.165) is 6.61 Å². The molecule has 0 unspecified atom stereocenters.